The van der Waals surface area contributed by atoms with Crippen LogP contribution in [0.1, 0.15) is 37.7 Å². The summed E-state index contributed by atoms with van der Waals surface area (Å²) in [7, 11) is 0. The Morgan fingerprint density at radius 3 is 2.55 bits per heavy atom. The summed E-state index contributed by atoms with van der Waals surface area (Å²) in [6.07, 6.45) is 3.27. The number of ether oxygens (including phenoxy) is 1. The highest BCUT2D eigenvalue weighted by atomic mass is 16.5. The number of carbonyl (C=O) groups is 1. The van der Waals surface area contributed by atoms with Crippen LogP contribution >= 0.6 is 0 Å². The minimum absolute atomic E-state index is 0.0440. The first-order valence-electron chi connectivity index (χ1n) is 7.75. The number of hydrogen-bond acceptors (Lipinski definition) is 3. The highest BCUT2D eigenvalue weighted by Crippen LogP contribution is 2.31. The molecule has 0 radical (unpaired) electrons. The number of carbonyl (C=O) groups excluding carboxylic acids is 1. The SMILES string of the molecule is CC[C@@H](C(=O)O[C@H]1CN2CCC1CC2)c1ccccc1. The second-order valence-electron chi connectivity index (χ2n) is 5.98. The van der Waals surface area contributed by atoms with Gasteiger partial charge >= 0.3 is 5.97 Å². The molecule has 0 unspecified atom stereocenters. The number of rotatable bonds is 4. The third kappa shape index (κ3) is 2.73. The van der Waals surface area contributed by atoms with Gasteiger partial charge in [0.25, 0.3) is 0 Å². The molecule has 3 fully saturated rings. The fraction of sp³-hybridized carbons (Fsp3) is 0.588. The second kappa shape index (κ2) is 5.96. The van der Waals surface area contributed by atoms with Crippen molar-refractivity contribution in [3.05, 3.63) is 35.9 Å². The van der Waals surface area contributed by atoms with Gasteiger partial charge in [-0.2, -0.15) is 0 Å². The highest BCUT2D eigenvalue weighted by Gasteiger charge is 2.37. The van der Waals surface area contributed by atoms with Crippen LogP contribution < -0.4 is 0 Å². The van der Waals surface area contributed by atoms with Crippen molar-refractivity contribution in [3.63, 3.8) is 0 Å². The van der Waals surface area contributed by atoms with E-state index in [1.165, 1.54) is 25.9 Å². The Morgan fingerprint density at radius 2 is 2.00 bits per heavy atom. The number of nitrogens with zero attached hydrogens (tertiary/aromatic N) is 1. The predicted molar refractivity (Wildman–Crippen MR) is 78.5 cm³/mol. The smallest absolute Gasteiger partial charge is 0.313 e. The number of benzene rings is 1. The normalized spacial score (nSPS) is 29.9. The highest BCUT2D eigenvalue weighted by molar-refractivity contribution is 5.78. The maximum atomic E-state index is 12.5. The summed E-state index contributed by atoms with van der Waals surface area (Å²) in [5, 5.41) is 0. The Morgan fingerprint density at radius 1 is 1.30 bits per heavy atom. The van der Waals surface area contributed by atoms with E-state index in [1.807, 2.05) is 30.3 Å². The van der Waals surface area contributed by atoms with Crippen molar-refractivity contribution >= 4 is 5.97 Å². The lowest BCUT2D eigenvalue weighted by atomic mass is 9.85. The summed E-state index contributed by atoms with van der Waals surface area (Å²) >= 11 is 0. The lowest BCUT2D eigenvalue weighted by molar-refractivity contribution is -0.160. The molecule has 0 aliphatic carbocycles. The van der Waals surface area contributed by atoms with Crippen LogP contribution in [0.4, 0.5) is 0 Å². The fourth-order valence-electron chi connectivity index (χ4n) is 3.50. The molecule has 0 saturated carbocycles. The average Bonchev–Trinajstić information content (AvgIpc) is 2.50. The molecule has 20 heavy (non-hydrogen) atoms. The first kappa shape index (κ1) is 13.6. The number of fused-ring (bicyclic) bond motifs is 3. The van der Waals surface area contributed by atoms with Crippen LogP contribution in [0.25, 0.3) is 0 Å². The van der Waals surface area contributed by atoms with E-state index in [-0.39, 0.29) is 18.0 Å². The van der Waals surface area contributed by atoms with Crippen molar-refractivity contribution in [1.82, 2.24) is 4.90 Å². The zero-order valence-corrected chi connectivity index (χ0v) is 12.1. The van der Waals surface area contributed by atoms with Gasteiger partial charge in [-0.05, 0) is 43.8 Å². The number of piperidine rings is 3. The lowest BCUT2D eigenvalue weighted by Crippen LogP contribution is -2.52. The molecule has 3 aliphatic heterocycles. The van der Waals surface area contributed by atoms with Gasteiger partial charge in [-0.1, -0.05) is 37.3 Å². The van der Waals surface area contributed by atoms with Gasteiger partial charge < -0.3 is 4.74 Å². The van der Waals surface area contributed by atoms with Crippen LogP contribution in [0.2, 0.25) is 0 Å². The largest absolute Gasteiger partial charge is 0.460 e. The van der Waals surface area contributed by atoms with Crippen molar-refractivity contribution in [1.29, 1.82) is 0 Å². The molecule has 1 aromatic rings. The van der Waals surface area contributed by atoms with E-state index in [9.17, 15) is 4.79 Å². The summed E-state index contributed by atoms with van der Waals surface area (Å²) in [4.78, 5) is 14.9. The van der Waals surface area contributed by atoms with E-state index < -0.39 is 0 Å². The number of esters is 1. The van der Waals surface area contributed by atoms with Gasteiger partial charge in [0.05, 0.1) is 5.92 Å². The van der Waals surface area contributed by atoms with Crippen molar-refractivity contribution < 1.29 is 9.53 Å². The Labute approximate surface area is 120 Å². The Kier molecular flexibility index (Phi) is 4.06. The van der Waals surface area contributed by atoms with E-state index in [2.05, 4.69) is 11.8 Å². The lowest BCUT2D eigenvalue weighted by Gasteiger charge is -2.44. The maximum Gasteiger partial charge on any atom is 0.313 e. The molecule has 2 bridgehead atoms. The second-order valence-corrected chi connectivity index (χ2v) is 5.98. The molecule has 2 atom stereocenters. The summed E-state index contributed by atoms with van der Waals surface area (Å²) < 4.78 is 5.85. The third-order valence-corrected chi connectivity index (χ3v) is 4.76. The molecule has 0 spiro atoms. The van der Waals surface area contributed by atoms with Gasteiger partial charge in [0.1, 0.15) is 6.10 Å². The molecule has 3 heteroatoms. The molecule has 3 aliphatic rings. The Balaban J connectivity index is 1.66. The summed E-state index contributed by atoms with van der Waals surface area (Å²) in [6, 6.07) is 9.99. The molecule has 1 aromatic carbocycles. The molecule has 0 N–H and O–H groups in total. The number of hydrogen-bond donors (Lipinski definition) is 0. The molecule has 0 amide bonds. The zero-order chi connectivity index (χ0) is 13.9. The van der Waals surface area contributed by atoms with E-state index in [0.717, 1.165) is 18.5 Å². The van der Waals surface area contributed by atoms with E-state index in [4.69, 9.17) is 4.74 Å². The monoisotopic (exact) mass is 273 g/mol. The van der Waals surface area contributed by atoms with Crippen molar-refractivity contribution in [2.45, 2.75) is 38.2 Å². The fourth-order valence-corrected chi connectivity index (χ4v) is 3.50. The summed E-state index contributed by atoms with van der Waals surface area (Å²) in [6.45, 7) is 5.33. The molecule has 3 nitrogen and oxygen atoms in total. The van der Waals surface area contributed by atoms with Crippen LogP contribution in [-0.4, -0.2) is 36.6 Å². The van der Waals surface area contributed by atoms with Gasteiger partial charge in [0, 0.05) is 6.54 Å². The van der Waals surface area contributed by atoms with Crippen LogP contribution in [0.15, 0.2) is 30.3 Å². The predicted octanol–water partition coefficient (Wildman–Crippen LogP) is 2.82. The first-order valence-corrected chi connectivity index (χ1v) is 7.75. The summed E-state index contributed by atoms with van der Waals surface area (Å²) in [5.74, 6) is 0.418. The average molecular weight is 273 g/mol. The molecule has 3 heterocycles. The van der Waals surface area contributed by atoms with Crippen LogP contribution in [0.3, 0.4) is 0 Å². The third-order valence-electron chi connectivity index (χ3n) is 4.76. The van der Waals surface area contributed by atoms with Crippen LogP contribution in [-0.2, 0) is 9.53 Å². The topological polar surface area (TPSA) is 29.5 Å². The van der Waals surface area contributed by atoms with Gasteiger partial charge in [-0.3, -0.25) is 9.69 Å². The minimum atomic E-state index is -0.119. The van der Waals surface area contributed by atoms with Gasteiger partial charge in [0.2, 0.25) is 0 Å². The van der Waals surface area contributed by atoms with E-state index in [1.54, 1.807) is 0 Å². The van der Waals surface area contributed by atoms with Crippen LogP contribution in [0, 0.1) is 5.92 Å². The van der Waals surface area contributed by atoms with E-state index >= 15 is 0 Å². The van der Waals surface area contributed by atoms with Crippen molar-refractivity contribution in [3.8, 4) is 0 Å². The molecule has 4 rings (SSSR count). The maximum absolute atomic E-state index is 12.5. The first-order chi connectivity index (χ1) is 9.78. The minimum Gasteiger partial charge on any atom is -0.460 e. The zero-order valence-electron chi connectivity index (χ0n) is 12.1. The van der Waals surface area contributed by atoms with Gasteiger partial charge in [-0.15, -0.1) is 0 Å². The molecule has 0 aromatic heterocycles. The summed E-state index contributed by atoms with van der Waals surface area (Å²) in [5.41, 5.74) is 1.07. The van der Waals surface area contributed by atoms with Crippen molar-refractivity contribution in [2.24, 2.45) is 5.92 Å². The standard InChI is InChI=1S/C17H23NO2/c1-2-15(13-6-4-3-5-7-13)17(19)20-16-12-18-10-8-14(16)9-11-18/h3-7,14-16H,2,8-12H2,1H3/t15-,16+/m1/s1. The van der Waals surface area contributed by atoms with Gasteiger partial charge in [0.15, 0.2) is 0 Å². The van der Waals surface area contributed by atoms with Crippen LogP contribution in [0.5, 0.6) is 0 Å². The molecular weight excluding hydrogens is 250 g/mol. The quantitative estimate of drug-likeness (QED) is 0.790. The Bertz CT molecular complexity index is 451. The Hall–Kier alpha value is -1.35. The van der Waals surface area contributed by atoms with Gasteiger partial charge in [-0.25, -0.2) is 0 Å². The molecular formula is C17H23NO2. The van der Waals surface area contributed by atoms with E-state index in [0.29, 0.717) is 5.92 Å². The molecule has 108 valence electrons. The molecule has 3 saturated heterocycles. The van der Waals surface area contributed by atoms with Crippen molar-refractivity contribution in [2.75, 3.05) is 19.6 Å².